The Labute approximate surface area is 153 Å². The average molecular weight is 381 g/mol. The van der Waals surface area contributed by atoms with Crippen LogP contribution < -0.4 is 5.73 Å². The Morgan fingerprint density at radius 1 is 1.31 bits per heavy atom. The normalized spacial score (nSPS) is 26.7. The third-order valence-corrected chi connectivity index (χ3v) is 6.07. The van der Waals surface area contributed by atoms with Crippen molar-refractivity contribution < 1.29 is 14.9 Å². The number of aromatic nitrogens is 4. The molecule has 8 nitrogen and oxygen atoms in total. The molecule has 144 valence electrons. The first-order valence-corrected chi connectivity index (χ1v) is 11.9. The quantitative estimate of drug-likeness (QED) is 0.641. The van der Waals surface area contributed by atoms with E-state index in [9.17, 15) is 10.2 Å². The summed E-state index contributed by atoms with van der Waals surface area (Å²) >= 11 is 0. The van der Waals surface area contributed by atoms with Crippen molar-refractivity contribution >= 4 is 30.2 Å². The van der Waals surface area contributed by atoms with E-state index in [0.717, 1.165) is 12.6 Å². The first-order chi connectivity index (χ1) is 12.2. The Hall–Kier alpha value is -1.47. The lowest BCUT2D eigenvalue weighted by molar-refractivity contribution is -0.0353. The maximum absolute atomic E-state index is 10.5. The van der Waals surface area contributed by atoms with Crippen LogP contribution in [0.4, 0.5) is 5.82 Å². The van der Waals surface area contributed by atoms with Gasteiger partial charge in [-0.3, -0.25) is 4.57 Å². The van der Waals surface area contributed by atoms with Gasteiger partial charge in [-0.2, -0.15) is 0 Å². The van der Waals surface area contributed by atoms with E-state index in [0.29, 0.717) is 35.6 Å². The topological polar surface area (TPSA) is 119 Å². The number of anilines is 1. The van der Waals surface area contributed by atoms with E-state index in [1.807, 2.05) is 6.92 Å². The molecule has 1 aliphatic rings. The van der Waals surface area contributed by atoms with Crippen LogP contribution in [0.1, 0.15) is 31.8 Å². The fraction of sp³-hybridized carbons (Fsp3) is 0.647. The second-order valence-electron chi connectivity index (χ2n) is 7.59. The van der Waals surface area contributed by atoms with Crippen LogP contribution in [-0.2, 0) is 11.2 Å². The van der Waals surface area contributed by atoms with Crippen LogP contribution in [-0.4, -0.2) is 73.8 Å². The molecule has 2 aromatic rings. The van der Waals surface area contributed by atoms with E-state index in [4.69, 9.17) is 10.5 Å². The van der Waals surface area contributed by atoms with Gasteiger partial charge in [0, 0.05) is 6.42 Å². The zero-order valence-corrected chi connectivity index (χ0v) is 16.4. The molecule has 3 heterocycles. The summed E-state index contributed by atoms with van der Waals surface area (Å²) < 4.78 is 7.63. The number of imidazole rings is 1. The van der Waals surface area contributed by atoms with Crippen LogP contribution in [0.15, 0.2) is 6.33 Å². The van der Waals surface area contributed by atoms with Crippen molar-refractivity contribution in [3.8, 4) is 0 Å². The number of aryl methyl sites for hydroxylation is 1. The Morgan fingerprint density at radius 3 is 2.69 bits per heavy atom. The van der Waals surface area contributed by atoms with Crippen LogP contribution in [0.25, 0.3) is 11.2 Å². The van der Waals surface area contributed by atoms with Gasteiger partial charge in [0.1, 0.15) is 23.5 Å². The molecule has 4 atom stereocenters. The highest BCUT2D eigenvalue weighted by molar-refractivity contribution is 7.72. The summed E-state index contributed by atoms with van der Waals surface area (Å²) in [6.45, 7) is 5.09. The summed E-state index contributed by atoms with van der Waals surface area (Å²) in [6, 6.07) is 0. The molecule has 0 amide bonds. The van der Waals surface area contributed by atoms with Crippen molar-refractivity contribution in [3.05, 3.63) is 12.2 Å². The molecule has 1 aliphatic heterocycles. The highest BCUT2D eigenvalue weighted by atomic mass is 31.2. The standard InChI is InChI=1S/C17H28N5O3P/c1-5-6-11-20-15(18)12-16(21-11)22(9-19-12)17-14(24)13(23)10(25-17)7-8-26(2,3)4/h9-10,13-14,17,23-24H,2,5-8H2,1,3-4H3,(H2,18,20,21)/t10-,13-,14-,17-/m1/s1. The number of hydrogen-bond acceptors (Lipinski definition) is 7. The van der Waals surface area contributed by atoms with Gasteiger partial charge < -0.3 is 20.7 Å². The highest BCUT2D eigenvalue weighted by Gasteiger charge is 2.44. The number of ether oxygens (including phenoxy) is 1. The zero-order valence-electron chi connectivity index (χ0n) is 15.5. The molecule has 0 saturated carbocycles. The van der Waals surface area contributed by atoms with Gasteiger partial charge in [-0.1, -0.05) is 6.92 Å². The molecule has 0 aromatic carbocycles. The second kappa shape index (κ2) is 7.27. The predicted octanol–water partition coefficient (Wildman–Crippen LogP) is 1.08. The lowest BCUT2D eigenvalue weighted by atomic mass is 10.1. The molecule has 0 bridgehead atoms. The second-order valence-corrected chi connectivity index (χ2v) is 11.9. The van der Waals surface area contributed by atoms with E-state index in [1.165, 1.54) is 6.33 Å². The molecule has 3 rings (SSSR count). The third kappa shape index (κ3) is 3.78. The van der Waals surface area contributed by atoms with Gasteiger partial charge in [-0.05, 0) is 32.3 Å². The van der Waals surface area contributed by atoms with Crippen LogP contribution in [0, 0.1) is 0 Å². The monoisotopic (exact) mass is 381 g/mol. The van der Waals surface area contributed by atoms with Gasteiger partial charge in [-0.15, -0.1) is 13.2 Å². The Kier molecular flexibility index (Phi) is 5.40. The molecule has 26 heavy (non-hydrogen) atoms. The molecule has 0 spiro atoms. The Balaban J connectivity index is 1.90. The minimum Gasteiger partial charge on any atom is -0.388 e. The Morgan fingerprint density at radius 2 is 2.04 bits per heavy atom. The number of aliphatic hydroxyl groups excluding tert-OH is 2. The van der Waals surface area contributed by atoms with Crippen LogP contribution in [0.5, 0.6) is 0 Å². The maximum Gasteiger partial charge on any atom is 0.167 e. The van der Waals surface area contributed by atoms with Gasteiger partial charge in [0.05, 0.1) is 12.4 Å². The SMILES string of the molecule is C=P(C)(C)CC[C@H]1O[C@@H](n2cnc3c(N)nc(CCC)nc32)[C@H](O)[C@@H]1O. The lowest BCUT2D eigenvalue weighted by Gasteiger charge is -2.18. The smallest absolute Gasteiger partial charge is 0.167 e. The van der Waals surface area contributed by atoms with Gasteiger partial charge in [0.25, 0.3) is 0 Å². The molecule has 4 N–H and O–H groups in total. The number of rotatable bonds is 6. The van der Waals surface area contributed by atoms with Crippen molar-refractivity contribution in [2.24, 2.45) is 0 Å². The summed E-state index contributed by atoms with van der Waals surface area (Å²) in [5.74, 6) is 0.942. The number of fused-ring (bicyclic) bond motifs is 1. The third-order valence-electron chi connectivity index (χ3n) is 4.60. The number of hydrogen-bond donors (Lipinski definition) is 3. The molecule has 0 aliphatic carbocycles. The zero-order chi connectivity index (χ0) is 19.1. The molecule has 0 radical (unpaired) electrons. The number of nitrogens with two attached hydrogens (primary N) is 1. The fourth-order valence-electron chi connectivity index (χ4n) is 3.18. The van der Waals surface area contributed by atoms with Gasteiger partial charge in [-0.25, -0.2) is 15.0 Å². The first-order valence-electron chi connectivity index (χ1n) is 8.89. The molecular formula is C17H28N5O3P. The molecule has 9 heteroatoms. The summed E-state index contributed by atoms with van der Waals surface area (Å²) in [6.07, 6.45) is 5.64. The lowest BCUT2D eigenvalue weighted by Crippen LogP contribution is -2.31. The molecule has 1 fully saturated rings. The molecular weight excluding hydrogens is 353 g/mol. The van der Waals surface area contributed by atoms with E-state index in [2.05, 4.69) is 34.6 Å². The highest BCUT2D eigenvalue weighted by Crippen LogP contribution is 2.40. The average Bonchev–Trinajstić information content (AvgIpc) is 3.08. The van der Waals surface area contributed by atoms with E-state index < -0.39 is 31.4 Å². The number of nitrogen functional groups attached to an aromatic ring is 1. The van der Waals surface area contributed by atoms with Gasteiger partial charge >= 0.3 is 0 Å². The number of nitrogens with zero attached hydrogens (tertiary/aromatic N) is 4. The minimum absolute atomic E-state index is 0.311. The van der Waals surface area contributed by atoms with E-state index in [-0.39, 0.29) is 0 Å². The molecule has 1 saturated heterocycles. The van der Waals surface area contributed by atoms with Crippen molar-refractivity contribution in [3.63, 3.8) is 0 Å². The fourth-order valence-corrected chi connectivity index (χ4v) is 4.13. The van der Waals surface area contributed by atoms with Gasteiger partial charge in [0.15, 0.2) is 17.7 Å². The molecule has 2 aromatic heterocycles. The van der Waals surface area contributed by atoms with Crippen molar-refractivity contribution in [1.29, 1.82) is 0 Å². The maximum atomic E-state index is 10.5. The van der Waals surface area contributed by atoms with Gasteiger partial charge in [0.2, 0.25) is 0 Å². The molecule has 0 unspecified atom stereocenters. The van der Waals surface area contributed by atoms with Crippen molar-refractivity contribution in [1.82, 2.24) is 19.5 Å². The predicted molar refractivity (Wildman–Crippen MR) is 105 cm³/mol. The summed E-state index contributed by atoms with van der Waals surface area (Å²) in [5.41, 5.74) is 6.99. The minimum atomic E-state index is -1.23. The van der Waals surface area contributed by atoms with Crippen LogP contribution in [0.3, 0.4) is 0 Å². The van der Waals surface area contributed by atoms with Crippen LogP contribution in [0.2, 0.25) is 0 Å². The largest absolute Gasteiger partial charge is 0.388 e. The Bertz CT molecular complexity index is 833. The summed E-state index contributed by atoms with van der Waals surface area (Å²) in [5, 5.41) is 20.9. The summed E-state index contributed by atoms with van der Waals surface area (Å²) in [7, 11) is 0. The van der Waals surface area contributed by atoms with Crippen molar-refractivity contribution in [2.75, 3.05) is 25.2 Å². The van der Waals surface area contributed by atoms with Crippen molar-refractivity contribution in [2.45, 2.75) is 50.7 Å². The first kappa shape index (κ1) is 19.3. The van der Waals surface area contributed by atoms with E-state index >= 15 is 0 Å². The van der Waals surface area contributed by atoms with E-state index in [1.54, 1.807) is 4.57 Å². The summed E-state index contributed by atoms with van der Waals surface area (Å²) in [4.78, 5) is 13.1. The number of aliphatic hydroxyl groups is 2. The van der Waals surface area contributed by atoms with Crippen LogP contribution >= 0.6 is 6.89 Å².